The number of rotatable bonds is 8. The number of thiol groups is 2. The van der Waals surface area contributed by atoms with Crippen molar-refractivity contribution >= 4 is 47.0 Å². The zero-order valence-corrected chi connectivity index (χ0v) is 22.4. The fraction of sp³-hybridized carbons (Fsp3) is 0.636. The first kappa shape index (κ1) is 27.4. The molecule has 0 aliphatic carbocycles. The van der Waals surface area contributed by atoms with Crippen LogP contribution in [0.5, 0.6) is 0 Å². The molecule has 0 unspecified atom stereocenters. The lowest BCUT2D eigenvalue weighted by Crippen LogP contribution is -2.62. The maximum absolute atomic E-state index is 6.21. The molecule has 0 radical (unpaired) electrons. The molecule has 1 aromatic rings. The number of amidine groups is 2. The van der Waals surface area contributed by atoms with E-state index in [1.54, 1.807) is 6.92 Å². The van der Waals surface area contributed by atoms with Gasteiger partial charge in [0.25, 0.3) is 0 Å². The lowest BCUT2D eigenvalue weighted by Gasteiger charge is -2.52. The van der Waals surface area contributed by atoms with Gasteiger partial charge in [0, 0.05) is 24.2 Å². The Morgan fingerprint density at radius 2 is 1.48 bits per heavy atom. The number of ether oxygens (including phenoxy) is 1. The van der Waals surface area contributed by atoms with E-state index < -0.39 is 0 Å². The summed E-state index contributed by atoms with van der Waals surface area (Å²) in [6.07, 6.45) is 0. The Morgan fingerprint density at radius 1 is 0.939 bits per heavy atom. The van der Waals surface area contributed by atoms with Gasteiger partial charge in [0.15, 0.2) is 21.8 Å². The van der Waals surface area contributed by atoms with E-state index in [0.717, 1.165) is 5.76 Å². The Kier molecular flexibility index (Phi) is 10.0. The molecule has 184 valence electrons. The molecule has 0 aromatic carbocycles. The van der Waals surface area contributed by atoms with Crippen LogP contribution < -0.4 is 10.6 Å². The molecule has 1 saturated heterocycles. The molecule has 2 N–H and O–H groups in total. The Balaban J connectivity index is 2.37. The maximum atomic E-state index is 6.21. The van der Waals surface area contributed by atoms with Crippen LogP contribution in [0.25, 0.3) is 0 Å². The van der Waals surface area contributed by atoms with Gasteiger partial charge in [0.05, 0.1) is 25.5 Å². The second kappa shape index (κ2) is 12.0. The molecule has 1 aliphatic heterocycles. The summed E-state index contributed by atoms with van der Waals surface area (Å²) in [5.41, 5.74) is 0.759. The van der Waals surface area contributed by atoms with Crippen molar-refractivity contribution in [1.82, 2.24) is 15.5 Å². The number of hydrogen-bond acceptors (Lipinski definition) is 7. The molecule has 0 bridgehead atoms. The lowest BCUT2D eigenvalue weighted by atomic mass is 9.91. The Labute approximate surface area is 208 Å². The average Bonchev–Trinajstić information content (AvgIpc) is 3.18. The molecule has 1 fully saturated rings. The van der Waals surface area contributed by atoms with Gasteiger partial charge in [-0.3, -0.25) is 4.90 Å². The largest absolute Gasteiger partial charge is 0.458 e. The van der Waals surface area contributed by atoms with Gasteiger partial charge < -0.3 is 19.8 Å². The van der Waals surface area contributed by atoms with Crippen LogP contribution in [0.4, 0.5) is 0 Å². The van der Waals surface area contributed by atoms with Crippen molar-refractivity contribution in [2.24, 2.45) is 20.4 Å². The maximum Gasteiger partial charge on any atom is 0.180 e. The van der Waals surface area contributed by atoms with E-state index >= 15 is 0 Å². The van der Waals surface area contributed by atoms with Crippen LogP contribution in [0.3, 0.4) is 0 Å². The van der Waals surface area contributed by atoms with E-state index in [9.17, 15) is 0 Å². The second-order valence-electron chi connectivity index (χ2n) is 9.01. The average molecular weight is 496 g/mol. The van der Waals surface area contributed by atoms with Crippen molar-refractivity contribution in [3.8, 4) is 0 Å². The quantitative estimate of drug-likeness (QED) is 0.191. The van der Waals surface area contributed by atoms with Gasteiger partial charge in [-0.2, -0.15) is 5.10 Å². The molecule has 9 nitrogen and oxygen atoms in total. The number of nitrogens with one attached hydrogen (secondary N) is 2. The lowest BCUT2D eigenvalue weighted by molar-refractivity contribution is -0.133. The fourth-order valence-corrected chi connectivity index (χ4v) is 4.06. The van der Waals surface area contributed by atoms with E-state index in [0.29, 0.717) is 60.4 Å². The molecule has 0 atom stereocenters. The van der Waals surface area contributed by atoms with E-state index in [1.807, 2.05) is 26.0 Å². The van der Waals surface area contributed by atoms with E-state index in [2.05, 4.69) is 88.9 Å². The summed E-state index contributed by atoms with van der Waals surface area (Å²) in [6, 6.07) is 3.84. The van der Waals surface area contributed by atoms with E-state index in [1.165, 1.54) is 0 Å². The normalized spacial score (nSPS) is 20.2. The Hall–Kier alpha value is -1.82. The van der Waals surface area contributed by atoms with E-state index in [-0.39, 0.29) is 11.1 Å². The summed E-state index contributed by atoms with van der Waals surface area (Å²) in [4.78, 5) is 2.41. The van der Waals surface area contributed by atoms with Gasteiger partial charge in [0.2, 0.25) is 0 Å². The molecular formula is C22H37N7O2S2. The molecule has 2 rings (SSSR count). The van der Waals surface area contributed by atoms with Crippen LogP contribution in [0.15, 0.2) is 37.0 Å². The third kappa shape index (κ3) is 7.87. The summed E-state index contributed by atoms with van der Waals surface area (Å²) in [6.45, 7) is 17.8. The van der Waals surface area contributed by atoms with Crippen LogP contribution in [0, 0.1) is 0 Å². The third-order valence-electron chi connectivity index (χ3n) is 5.13. The van der Waals surface area contributed by atoms with Crippen LogP contribution in [-0.4, -0.2) is 64.0 Å². The predicted octanol–water partition coefficient (Wildman–Crippen LogP) is 3.54. The number of furan rings is 1. The summed E-state index contributed by atoms with van der Waals surface area (Å²) in [5.74, 6) is 1.37. The number of nitrogens with zero attached hydrogens (tertiary/aromatic N) is 5. The first-order valence-electron chi connectivity index (χ1n) is 11.1. The molecule has 33 heavy (non-hydrogen) atoms. The minimum absolute atomic E-state index is 0.121. The Morgan fingerprint density at radius 3 is 2.03 bits per heavy atom. The van der Waals surface area contributed by atoms with Crippen LogP contribution in [0.1, 0.15) is 60.0 Å². The highest BCUT2D eigenvalue weighted by molar-refractivity contribution is 7.97. The van der Waals surface area contributed by atoms with Gasteiger partial charge in [-0.15, -0.1) is 40.6 Å². The van der Waals surface area contributed by atoms with Crippen molar-refractivity contribution in [1.29, 1.82) is 0 Å². The van der Waals surface area contributed by atoms with Crippen molar-refractivity contribution in [2.75, 3.05) is 26.3 Å². The monoisotopic (exact) mass is 495 g/mol. The van der Waals surface area contributed by atoms with Crippen LogP contribution >= 0.6 is 25.3 Å². The van der Waals surface area contributed by atoms with Crippen molar-refractivity contribution in [3.05, 3.63) is 23.7 Å². The van der Waals surface area contributed by atoms with Crippen molar-refractivity contribution in [2.45, 2.75) is 66.1 Å². The fourth-order valence-electron chi connectivity index (χ4n) is 3.65. The summed E-state index contributed by atoms with van der Waals surface area (Å²) < 4.78 is 12.0. The molecule has 11 heteroatoms. The molecule has 0 amide bonds. The molecular weight excluding hydrogens is 458 g/mol. The molecule has 1 aromatic heterocycles. The summed E-state index contributed by atoms with van der Waals surface area (Å²) >= 11 is 8.57. The third-order valence-corrected chi connectivity index (χ3v) is 5.63. The number of hydrogen-bond donors (Lipinski definition) is 4. The van der Waals surface area contributed by atoms with Crippen LogP contribution in [-0.2, 0) is 11.3 Å². The van der Waals surface area contributed by atoms with Crippen molar-refractivity contribution < 1.29 is 9.15 Å². The minimum Gasteiger partial charge on any atom is -0.458 e. The molecule has 0 spiro atoms. The van der Waals surface area contributed by atoms with Gasteiger partial charge in [-0.1, -0.05) is 0 Å². The second-order valence-corrected chi connectivity index (χ2v) is 9.86. The zero-order valence-electron chi connectivity index (χ0n) is 20.6. The number of morpholine rings is 1. The standard InChI is InChI=1S/C22H37N7O2S2/c1-8-23-19(32)27-25-15(3)18(26-28-20(33)24-9-2)17-11-10-16(31-17)12-29-21(4,5)13-30-14-22(29,6)7/h10-11H,8-9,12-14H2,1-7H3,(H2,23,27,32)(H2,24,28,33)/b25-15+,26-18-. The first-order chi connectivity index (χ1) is 15.5. The summed E-state index contributed by atoms with van der Waals surface area (Å²) in [5, 5.41) is 23.6. The highest BCUT2D eigenvalue weighted by Gasteiger charge is 2.42. The topological polar surface area (TPSA) is 99.1 Å². The SMILES string of the molecule is CCN/C(S)=N/N=C(/C(C)=N/N=C(\S)NCC)c1ccc(CN2C(C)(C)COCC2(C)C)o1. The highest BCUT2D eigenvalue weighted by atomic mass is 32.1. The van der Waals surface area contributed by atoms with Crippen molar-refractivity contribution in [3.63, 3.8) is 0 Å². The summed E-state index contributed by atoms with van der Waals surface area (Å²) in [7, 11) is 0. The van der Waals surface area contributed by atoms with Gasteiger partial charge in [-0.05, 0) is 60.6 Å². The first-order valence-corrected chi connectivity index (χ1v) is 12.0. The smallest absolute Gasteiger partial charge is 0.180 e. The van der Waals surface area contributed by atoms with Gasteiger partial charge >= 0.3 is 0 Å². The van der Waals surface area contributed by atoms with Gasteiger partial charge in [-0.25, -0.2) is 0 Å². The highest BCUT2D eigenvalue weighted by Crippen LogP contribution is 2.32. The molecule has 0 saturated carbocycles. The molecule has 2 heterocycles. The van der Waals surface area contributed by atoms with Gasteiger partial charge in [0.1, 0.15) is 5.76 Å². The minimum atomic E-state index is -0.121. The predicted molar refractivity (Wildman–Crippen MR) is 143 cm³/mol. The zero-order chi connectivity index (χ0) is 24.6. The molecule has 1 aliphatic rings. The van der Waals surface area contributed by atoms with Crippen LogP contribution in [0.2, 0.25) is 0 Å². The Bertz CT molecular complexity index is 904. The van der Waals surface area contributed by atoms with E-state index in [4.69, 9.17) is 9.15 Å².